The van der Waals surface area contributed by atoms with E-state index < -0.39 is 12.0 Å². The molecule has 0 bridgehead atoms. The van der Waals surface area contributed by atoms with E-state index in [0.717, 1.165) is 18.6 Å². The highest BCUT2D eigenvalue weighted by Crippen LogP contribution is 2.05. The number of unbranched alkanes of at least 4 members (excludes halogenated alkanes) is 1. The maximum absolute atomic E-state index is 10.3. The Morgan fingerprint density at radius 3 is 2.92 bits per heavy atom. The normalized spacial score (nSPS) is 12.4. The summed E-state index contributed by atoms with van der Waals surface area (Å²) in [6.07, 6.45) is 3.88. The fourth-order valence-electron chi connectivity index (χ4n) is 0.611. The van der Waals surface area contributed by atoms with Crippen LogP contribution in [0.25, 0.3) is 0 Å². The lowest BCUT2D eigenvalue weighted by molar-refractivity contribution is -0.137. The van der Waals surface area contributed by atoms with E-state index in [1.54, 1.807) is 11.8 Å². The Kier molecular flexibility index (Phi) is 6.90. The Balaban J connectivity index is 3.19. The fraction of sp³-hybridized carbons (Fsp3) is 0.625. The molecular weight excluding hydrogens is 174 g/mol. The van der Waals surface area contributed by atoms with E-state index in [2.05, 4.69) is 6.58 Å². The van der Waals surface area contributed by atoms with Crippen LogP contribution in [0.15, 0.2) is 12.7 Å². The highest BCUT2D eigenvalue weighted by Gasteiger charge is 2.09. The van der Waals surface area contributed by atoms with Gasteiger partial charge in [0.1, 0.15) is 6.04 Å². The van der Waals surface area contributed by atoms with Crippen molar-refractivity contribution in [3.05, 3.63) is 12.7 Å². The van der Waals surface area contributed by atoms with E-state index in [-0.39, 0.29) is 0 Å². The van der Waals surface area contributed by atoms with Gasteiger partial charge in [-0.2, -0.15) is 11.8 Å². The van der Waals surface area contributed by atoms with Crippen molar-refractivity contribution in [3.63, 3.8) is 0 Å². The molecule has 0 aliphatic carbocycles. The van der Waals surface area contributed by atoms with Gasteiger partial charge in [0, 0.05) is 5.75 Å². The third kappa shape index (κ3) is 6.24. The Bertz CT molecular complexity index is 150. The average molecular weight is 189 g/mol. The average Bonchev–Trinajstić information content (AvgIpc) is 2.03. The Labute approximate surface area is 77.0 Å². The monoisotopic (exact) mass is 189 g/mol. The number of nitrogens with two attached hydrogens (primary N) is 1. The number of rotatable bonds is 7. The summed E-state index contributed by atoms with van der Waals surface area (Å²) in [6, 6.07) is -0.723. The van der Waals surface area contributed by atoms with Gasteiger partial charge in [0.2, 0.25) is 0 Å². The molecule has 0 heterocycles. The lowest BCUT2D eigenvalue weighted by Gasteiger charge is -2.04. The van der Waals surface area contributed by atoms with Gasteiger partial charge in [-0.25, -0.2) is 0 Å². The standard InChI is InChI=1S/C8H15NO2S/c1-2-3-4-5-12-6-7(9)8(10)11/h2,7H,1,3-6,9H2,(H,10,11)/t7-/m1/s1. The van der Waals surface area contributed by atoms with E-state index in [1.807, 2.05) is 6.08 Å². The van der Waals surface area contributed by atoms with Gasteiger partial charge in [0.25, 0.3) is 0 Å². The molecule has 0 aromatic carbocycles. The molecule has 0 aliphatic heterocycles. The summed E-state index contributed by atoms with van der Waals surface area (Å²) in [5.74, 6) is 0.519. The summed E-state index contributed by atoms with van der Waals surface area (Å²) in [5, 5.41) is 8.43. The van der Waals surface area contributed by atoms with Gasteiger partial charge >= 0.3 is 5.97 Å². The van der Waals surface area contributed by atoms with Gasteiger partial charge in [0.15, 0.2) is 0 Å². The lowest BCUT2D eigenvalue weighted by atomic mass is 10.3. The number of hydrogen-bond donors (Lipinski definition) is 2. The number of thioether (sulfide) groups is 1. The predicted octanol–water partition coefficient (Wildman–Crippen LogP) is 1.10. The van der Waals surface area contributed by atoms with Crippen molar-refractivity contribution in [2.75, 3.05) is 11.5 Å². The largest absolute Gasteiger partial charge is 0.480 e. The lowest BCUT2D eigenvalue weighted by Crippen LogP contribution is -2.32. The summed E-state index contributed by atoms with van der Waals surface area (Å²) < 4.78 is 0. The van der Waals surface area contributed by atoms with Crippen LogP contribution in [-0.4, -0.2) is 28.6 Å². The first-order valence-electron chi connectivity index (χ1n) is 3.85. The van der Waals surface area contributed by atoms with Gasteiger partial charge in [-0.05, 0) is 18.6 Å². The first-order chi connectivity index (χ1) is 5.68. The molecule has 1 atom stereocenters. The minimum absolute atomic E-state index is 0.493. The summed E-state index contributed by atoms with van der Waals surface area (Å²) in [7, 11) is 0. The molecule has 0 saturated heterocycles. The van der Waals surface area contributed by atoms with Crippen molar-refractivity contribution in [3.8, 4) is 0 Å². The molecular formula is C8H15NO2S. The third-order valence-corrected chi connectivity index (χ3v) is 2.48. The van der Waals surface area contributed by atoms with Crippen molar-refractivity contribution in [1.29, 1.82) is 0 Å². The molecule has 0 aromatic rings. The highest BCUT2D eigenvalue weighted by molar-refractivity contribution is 7.99. The van der Waals surface area contributed by atoms with E-state index in [9.17, 15) is 4.79 Å². The summed E-state index contributed by atoms with van der Waals surface area (Å²) >= 11 is 1.58. The van der Waals surface area contributed by atoms with Gasteiger partial charge in [-0.15, -0.1) is 6.58 Å². The second kappa shape index (κ2) is 7.18. The zero-order valence-corrected chi connectivity index (χ0v) is 7.85. The van der Waals surface area contributed by atoms with E-state index >= 15 is 0 Å². The first kappa shape index (κ1) is 11.5. The number of aliphatic carboxylic acids is 1. The number of carboxylic acids is 1. The van der Waals surface area contributed by atoms with Crippen LogP contribution in [0.3, 0.4) is 0 Å². The van der Waals surface area contributed by atoms with Crippen LogP contribution in [0, 0.1) is 0 Å². The Hall–Kier alpha value is -0.480. The van der Waals surface area contributed by atoms with Crippen molar-refractivity contribution in [2.45, 2.75) is 18.9 Å². The van der Waals surface area contributed by atoms with Crippen LogP contribution in [0.5, 0.6) is 0 Å². The molecule has 3 nitrogen and oxygen atoms in total. The molecule has 3 N–H and O–H groups in total. The van der Waals surface area contributed by atoms with E-state index in [0.29, 0.717) is 5.75 Å². The van der Waals surface area contributed by atoms with Crippen LogP contribution in [0.4, 0.5) is 0 Å². The van der Waals surface area contributed by atoms with Crippen LogP contribution < -0.4 is 5.73 Å². The molecule has 0 rings (SSSR count). The van der Waals surface area contributed by atoms with Crippen LogP contribution in [-0.2, 0) is 4.79 Å². The van der Waals surface area contributed by atoms with Crippen molar-refractivity contribution in [2.24, 2.45) is 5.73 Å². The van der Waals surface area contributed by atoms with Crippen LogP contribution in [0.2, 0.25) is 0 Å². The third-order valence-electron chi connectivity index (χ3n) is 1.31. The second-order valence-electron chi connectivity index (χ2n) is 2.45. The summed E-state index contributed by atoms with van der Waals surface area (Å²) in [6.45, 7) is 3.59. The van der Waals surface area contributed by atoms with E-state index in [1.165, 1.54) is 0 Å². The SMILES string of the molecule is C=CCCCSC[C@@H](N)C(=O)O. The van der Waals surface area contributed by atoms with Crippen LogP contribution >= 0.6 is 11.8 Å². The van der Waals surface area contributed by atoms with Crippen molar-refractivity contribution >= 4 is 17.7 Å². The minimum atomic E-state index is -0.925. The zero-order chi connectivity index (χ0) is 9.40. The first-order valence-corrected chi connectivity index (χ1v) is 5.01. The molecule has 0 radical (unpaired) electrons. The van der Waals surface area contributed by atoms with Crippen LogP contribution in [0.1, 0.15) is 12.8 Å². The molecule has 0 amide bonds. The molecule has 0 aromatic heterocycles. The number of hydrogen-bond acceptors (Lipinski definition) is 3. The van der Waals surface area contributed by atoms with Gasteiger partial charge < -0.3 is 10.8 Å². The van der Waals surface area contributed by atoms with Gasteiger partial charge in [-0.1, -0.05) is 6.08 Å². The predicted molar refractivity (Wildman–Crippen MR) is 52.4 cm³/mol. The Morgan fingerprint density at radius 2 is 2.42 bits per heavy atom. The number of allylic oxidation sites excluding steroid dienone is 1. The smallest absolute Gasteiger partial charge is 0.321 e. The zero-order valence-electron chi connectivity index (χ0n) is 7.03. The fourth-order valence-corrected chi connectivity index (χ4v) is 1.55. The minimum Gasteiger partial charge on any atom is -0.480 e. The molecule has 0 saturated carbocycles. The maximum Gasteiger partial charge on any atom is 0.321 e. The molecule has 12 heavy (non-hydrogen) atoms. The highest BCUT2D eigenvalue weighted by atomic mass is 32.2. The molecule has 70 valence electrons. The molecule has 4 heteroatoms. The van der Waals surface area contributed by atoms with Gasteiger partial charge in [0.05, 0.1) is 0 Å². The Morgan fingerprint density at radius 1 is 1.75 bits per heavy atom. The molecule has 0 unspecified atom stereocenters. The van der Waals surface area contributed by atoms with Crippen molar-refractivity contribution in [1.82, 2.24) is 0 Å². The number of carbonyl (C=O) groups is 1. The number of carboxylic acid groups (broad SMARTS) is 1. The topological polar surface area (TPSA) is 63.3 Å². The van der Waals surface area contributed by atoms with E-state index in [4.69, 9.17) is 10.8 Å². The molecule has 0 spiro atoms. The van der Waals surface area contributed by atoms with Gasteiger partial charge in [-0.3, -0.25) is 4.79 Å². The summed E-state index contributed by atoms with van der Waals surface area (Å²) in [4.78, 5) is 10.3. The second-order valence-corrected chi connectivity index (χ2v) is 3.60. The molecule has 0 fully saturated rings. The van der Waals surface area contributed by atoms with Crippen molar-refractivity contribution < 1.29 is 9.90 Å². The molecule has 0 aliphatic rings. The summed E-state index contributed by atoms with van der Waals surface area (Å²) in [5.41, 5.74) is 5.29. The maximum atomic E-state index is 10.3. The quantitative estimate of drug-likeness (QED) is 0.465.